The lowest BCUT2D eigenvalue weighted by atomic mass is 9.44. The number of aromatic nitrogens is 3. The highest BCUT2D eigenvalue weighted by molar-refractivity contribution is 7.98. The van der Waals surface area contributed by atoms with Gasteiger partial charge in [-0.05, 0) is 62.0 Å². The van der Waals surface area contributed by atoms with Crippen molar-refractivity contribution in [3.05, 3.63) is 5.82 Å². The molecule has 2 atom stereocenters. The quantitative estimate of drug-likeness (QED) is 0.848. The third-order valence-electron chi connectivity index (χ3n) is 5.64. The van der Waals surface area contributed by atoms with Gasteiger partial charge < -0.3 is 5.73 Å². The number of rotatable bonds is 2. The molecule has 2 N–H and O–H groups in total. The zero-order valence-electron chi connectivity index (χ0n) is 12.2. The van der Waals surface area contributed by atoms with Crippen LogP contribution in [0.2, 0.25) is 0 Å². The summed E-state index contributed by atoms with van der Waals surface area (Å²) in [6, 6.07) is 0. The highest BCUT2D eigenvalue weighted by atomic mass is 32.2. The molecule has 4 bridgehead atoms. The molecule has 1 heterocycles. The molecule has 108 valence electrons. The van der Waals surface area contributed by atoms with E-state index in [-0.39, 0.29) is 5.41 Å². The van der Waals surface area contributed by atoms with Crippen molar-refractivity contribution in [2.24, 2.45) is 17.3 Å². The first-order valence-corrected chi connectivity index (χ1v) is 8.79. The van der Waals surface area contributed by atoms with Crippen LogP contribution >= 0.6 is 11.8 Å². The fraction of sp³-hybridized carbons (Fsp3) is 0.800. The van der Waals surface area contributed by atoms with Gasteiger partial charge in [-0.15, -0.1) is 0 Å². The molecular weight excluding hydrogens is 268 g/mol. The number of hydrogen-bond donors (Lipinski definition) is 1. The second kappa shape index (κ2) is 4.09. The minimum Gasteiger partial charge on any atom is -0.368 e. The van der Waals surface area contributed by atoms with E-state index in [0.29, 0.717) is 11.4 Å². The minimum atomic E-state index is 0.181. The van der Waals surface area contributed by atoms with E-state index in [2.05, 4.69) is 16.9 Å². The number of hydrogen-bond acceptors (Lipinski definition) is 5. The Labute approximate surface area is 124 Å². The smallest absolute Gasteiger partial charge is 0.224 e. The zero-order chi connectivity index (χ0) is 14.0. The van der Waals surface area contributed by atoms with Crippen LogP contribution in [0, 0.1) is 17.3 Å². The summed E-state index contributed by atoms with van der Waals surface area (Å²) in [6.07, 6.45) is 9.99. The van der Waals surface area contributed by atoms with Crippen LogP contribution < -0.4 is 5.73 Å². The fourth-order valence-electron chi connectivity index (χ4n) is 5.68. The van der Waals surface area contributed by atoms with E-state index in [1.807, 2.05) is 6.26 Å². The summed E-state index contributed by atoms with van der Waals surface area (Å²) in [6.45, 7) is 2.47. The van der Waals surface area contributed by atoms with Gasteiger partial charge in [0.1, 0.15) is 5.82 Å². The first kappa shape index (κ1) is 12.9. The number of thioether (sulfide) groups is 1. The first-order valence-electron chi connectivity index (χ1n) is 7.56. The number of nitrogen functional groups attached to an aromatic ring is 1. The van der Waals surface area contributed by atoms with E-state index in [9.17, 15) is 0 Å². The molecule has 0 aliphatic heterocycles. The molecule has 4 aliphatic carbocycles. The number of nitrogens with two attached hydrogens (primary N) is 1. The predicted molar refractivity (Wildman–Crippen MR) is 80.5 cm³/mol. The highest BCUT2D eigenvalue weighted by Crippen LogP contribution is 2.65. The van der Waals surface area contributed by atoms with Crippen molar-refractivity contribution >= 4 is 17.7 Å². The summed E-state index contributed by atoms with van der Waals surface area (Å²) in [5.41, 5.74) is 6.60. The Kier molecular flexibility index (Phi) is 2.63. The van der Waals surface area contributed by atoms with E-state index in [0.717, 1.165) is 22.8 Å². The van der Waals surface area contributed by atoms with E-state index >= 15 is 0 Å². The van der Waals surface area contributed by atoms with E-state index in [1.54, 1.807) is 11.8 Å². The topological polar surface area (TPSA) is 64.7 Å². The Hall–Kier alpha value is -0.840. The summed E-state index contributed by atoms with van der Waals surface area (Å²) in [4.78, 5) is 13.5. The molecule has 0 spiro atoms. The lowest BCUT2D eigenvalue weighted by molar-refractivity contribution is -0.0650. The Morgan fingerprint density at radius 2 is 1.80 bits per heavy atom. The molecular formula is C15H22N4S. The van der Waals surface area contributed by atoms with Crippen molar-refractivity contribution in [3.63, 3.8) is 0 Å². The first-order chi connectivity index (χ1) is 9.50. The van der Waals surface area contributed by atoms with Crippen molar-refractivity contribution < 1.29 is 0 Å². The van der Waals surface area contributed by atoms with Gasteiger partial charge in [-0.25, -0.2) is 4.98 Å². The Morgan fingerprint density at radius 3 is 2.40 bits per heavy atom. The van der Waals surface area contributed by atoms with Crippen molar-refractivity contribution in [1.82, 2.24) is 15.0 Å². The maximum Gasteiger partial charge on any atom is 0.224 e. The fourth-order valence-corrected chi connectivity index (χ4v) is 6.05. The van der Waals surface area contributed by atoms with Crippen LogP contribution in [0.25, 0.3) is 0 Å². The van der Waals surface area contributed by atoms with E-state index in [1.165, 1.54) is 38.5 Å². The van der Waals surface area contributed by atoms with E-state index in [4.69, 9.17) is 10.7 Å². The molecule has 4 nitrogen and oxygen atoms in total. The molecule has 1 aromatic heterocycles. The van der Waals surface area contributed by atoms with Gasteiger partial charge in [0.05, 0.1) is 0 Å². The standard InChI is InChI=1S/C15H22N4S/c1-14-4-9-3-10(5-14)7-15(6-9,8-14)11-17-12(16)19-13(18-11)20-2/h9-10H,3-8H2,1-2H3,(H2,16,17,18,19). The van der Waals surface area contributed by atoms with Crippen molar-refractivity contribution in [3.8, 4) is 0 Å². The zero-order valence-corrected chi connectivity index (χ0v) is 13.0. The molecule has 4 aliphatic rings. The van der Waals surface area contributed by atoms with Crippen LogP contribution in [0.3, 0.4) is 0 Å². The molecule has 2 unspecified atom stereocenters. The molecule has 5 heteroatoms. The highest BCUT2D eigenvalue weighted by Gasteiger charge is 2.57. The van der Waals surface area contributed by atoms with Crippen LogP contribution in [-0.4, -0.2) is 21.2 Å². The third kappa shape index (κ3) is 1.85. The summed E-state index contributed by atoms with van der Waals surface area (Å²) >= 11 is 1.56. The van der Waals surface area contributed by atoms with Gasteiger partial charge in [-0.2, -0.15) is 9.97 Å². The second-order valence-corrected chi connectivity index (χ2v) is 8.33. The van der Waals surface area contributed by atoms with Crippen molar-refractivity contribution in [1.29, 1.82) is 0 Å². The summed E-state index contributed by atoms with van der Waals surface area (Å²) in [5.74, 6) is 3.11. The summed E-state index contributed by atoms with van der Waals surface area (Å²) in [7, 11) is 0. The Balaban J connectivity index is 1.79. The SMILES string of the molecule is CSc1nc(N)nc(C23CC4CC(CC(C)(C4)C2)C3)n1. The number of nitrogens with zero attached hydrogens (tertiary/aromatic N) is 3. The lowest BCUT2D eigenvalue weighted by Crippen LogP contribution is -2.53. The average molecular weight is 290 g/mol. The molecule has 20 heavy (non-hydrogen) atoms. The summed E-state index contributed by atoms with van der Waals surface area (Å²) in [5, 5.41) is 0.772. The van der Waals surface area contributed by atoms with Gasteiger partial charge in [-0.3, -0.25) is 0 Å². The maximum absolute atomic E-state index is 5.91. The minimum absolute atomic E-state index is 0.181. The molecule has 0 saturated heterocycles. The van der Waals surface area contributed by atoms with Crippen LogP contribution in [-0.2, 0) is 5.41 Å². The monoisotopic (exact) mass is 290 g/mol. The summed E-state index contributed by atoms with van der Waals surface area (Å²) < 4.78 is 0. The molecule has 0 radical (unpaired) electrons. The normalized spacial score (nSPS) is 42.1. The molecule has 0 aromatic carbocycles. The van der Waals surface area contributed by atoms with Crippen LogP contribution in [0.15, 0.2) is 5.16 Å². The van der Waals surface area contributed by atoms with Gasteiger partial charge >= 0.3 is 0 Å². The van der Waals surface area contributed by atoms with Crippen LogP contribution in [0.5, 0.6) is 0 Å². The van der Waals surface area contributed by atoms with Gasteiger partial charge in [-0.1, -0.05) is 18.7 Å². The molecule has 4 fully saturated rings. The Morgan fingerprint density at radius 1 is 1.10 bits per heavy atom. The largest absolute Gasteiger partial charge is 0.368 e. The van der Waals surface area contributed by atoms with Gasteiger partial charge in [0.2, 0.25) is 5.95 Å². The van der Waals surface area contributed by atoms with Crippen molar-refractivity contribution in [2.45, 2.75) is 56.0 Å². The Bertz CT molecular complexity index is 545. The van der Waals surface area contributed by atoms with Crippen molar-refractivity contribution in [2.75, 3.05) is 12.0 Å². The molecule has 4 saturated carbocycles. The van der Waals surface area contributed by atoms with Gasteiger partial charge in [0, 0.05) is 5.41 Å². The lowest BCUT2D eigenvalue weighted by Gasteiger charge is -2.60. The van der Waals surface area contributed by atoms with Crippen LogP contribution in [0.1, 0.15) is 51.3 Å². The molecule has 5 rings (SSSR count). The third-order valence-corrected chi connectivity index (χ3v) is 6.19. The second-order valence-electron chi connectivity index (χ2n) is 7.56. The molecule has 1 aromatic rings. The predicted octanol–water partition coefficient (Wildman–Crippen LogP) is 3.03. The number of anilines is 1. The van der Waals surface area contributed by atoms with E-state index < -0.39 is 0 Å². The molecule has 0 amide bonds. The maximum atomic E-state index is 5.91. The van der Waals surface area contributed by atoms with Gasteiger partial charge in [0.15, 0.2) is 5.16 Å². The van der Waals surface area contributed by atoms with Crippen LogP contribution in [0.4, 0.5) is 5.95 Å². The average Bonchev–Trinajstić information content (AvgIpc) is 2.35. The van der Waals surface area contributed by atoms with Gasteiger partial charge in [0.25, 0.3) is 0 Å².